The predicted octanol–water partition coefficient (Wildman–Crippen LogP) is 4.16. The van der Waals surface area contributed by atoms with Crippen molar-refractivity contribution in [2.45, 2.75) is 26.7 Å². The van der Waals surface area contributed by atoms with Crippen LogP contribution in [-0.2, 0) is 22.4 Å². The number of ketones is 2. The zero-order chi connectivity index (χ0) is 17.9. The van der Waals surface area contributed by atoms with Crippen LogP contribution in [0, 0.1) is 0 Å². The number of hydrogen-bond donors (Lipinski definition) is 1. The van der Waals surface area contributed by atoms with Gasteiger partial charge in [0.1, 0.15) is 11.6 Å². The smallest absolute Gasteiger partial charge is 0.134 e. The summed E-state index contributed by atoms with van der Waals surface area (Å²) in [5.41, 5.74) is 16.9. The van der Waals surface area contributed by atoms with Crippen molar-refractivity contribution in [2.75, 3.05) is 5.73 Å². The number of Topliss-reactive ketones (excluding diaryl/α,β-unsaturated/α-hetero) is 2. The molecule has 2 aromatic rings. The summed E-state index contributed by atoms with van der Waals surface area (Å²) >= 11 is 0. The Morgan fingerprint density at radius 2 is 1.33 bits per heavy atom. The third-order valence-electron chi connectivity index (χ3n) is 2.98. The van der Waals surface area contributed by atoms with E-state index in [1.807, 2.05) is 12.1 Å². The predicted molar refractivity (Wildman–Crippen MR) is 94.9 cm³/mol. The highest BCUT2D eigenvalue weighted by Crippen LogP contribution is 2.13. The van der Waals surface area contributed by atoms with Crippen LogP contribution in [0.25, 0.3) is 10.4 Å². The summed E-state index contributed by atoms with van der Waals surface area (Å²) in [6, 6.07) is 14.3. The lowest BCUT2D eigenvalue weighted by atomic mass is 10.1. The molecule has 0 radical (unpaired) electrons. The van der Waals surface area contributed by atoms with Gasteiger partial charge < -0.3 is 5.73 Å². The third kappa shape index (κ3) is 7.77. The van der Waals surface area contributed by atoms with Crippen molar-refractivity contribution in [3.05, 3.63) is 70.1 Å². The maximum absolute atomic E-state index is 10.7. The van der Waals surface area contributed by atoms with Crippen molar-refractivity contribution in [1.82, 2.24) is 0 Å². The van der Waals surface area contributed by atoms with Crippen molar-refractivity contribution in [2.24, 2.45) is 5.11 Å². The molecule has 2 N–H and O–H groups in total. The molecular formula is C18H20N4O2. The van der Waals surface area contributed by atoms with E-state index in [0.29, 0.717) is 18.5 Å². The molecule has 6 heteroatoms. The van der Waals surface area contributed by atoms with Gasteiger partial charge in [-0.15, -0.1) is 0 Å². The second kappa shape index (κ2) is 9.82. The summed E-state index contributed by atoms with van der Waals surface area (Å²) < 4.78 is 0. The molecule has 0 aliphatic rings. The molecule has 24 heavy (non-hydrogen) atoms. The molecule has 2 rings (SSSR count). The van der Waals surface area contributed by atoms with Crippen LogP contribution < -0.4 is 5.73 Å². The molecule has 0 amide bonds. The van der Waals surface area contributed by atoms with Gasteiger partial charge in [-0.05, 0) is 42.6 Å². The van der Waals surface area contributed by atoms with E-state index in [0.717, 1.165) is 16.8 Å². The van der Waals surface area contributed by atoms with E-state index in [1.165, 1.54) is 0 Å². The highest BCUT2D eigenvalue weighted by molar-refractivity contribution is 5.78. The number of nitrogens with zero attached hydrogens (tertiary/aromatic N) is 3. The molecule has 0 bridgehead atoms. The minimum atomic E-state index is 0.122. The largest absolute Gasteiger partial charge is 0.399 e. The second-order valence-electron chi connectivity index (χ2n) is 5.36. The molecule has 0 unspecified atom stereocenters. The summed E-state index contributed by atoms with van der Waals surface area (Å²) in [5.74, 6) is 0.298. The molecule has 0 fully saturated rings. The van der Waals surface area contributed by atoms with Gasteiger partial charge in [0, 0.05) is 29.1 Å². The Bertz CT molecular complexity index is 731. The van der Waals surface area contributed by atoms with E-state index < -0.39 is 0 Å². The average molecular weight is 324 g/mol. The molecule has 0 aliphatic carbocycles. The Morgan fingerprint density at radius 1 is 0.917 bits per heavy atom. The third-order valence-corrected chi connectivity index (χ3v) is 2.98. The molecule has 0 atom stereocenters. The van der Waals surface area contributed by atoms with E-state index >= 15 is 0 Å². The van der Waals surface area contributed by atoms with Gasteiger partial charge >= 0.3 is 0 Å². The number of carbonyl (C=O) groups is 2. The number of nitrogen functional groups attached to an aromatic ring is 1. The number of carbonyl (C=O) groups excluding carboxylic acids is 2. The Balaban J connectivity index is 0.000000243. The molecule has 0 heterocycles. The molecule has 0 saturated heterocycles. The van der Waals surface area contributed by atoms with Gasteiger partial charge in [-0.1, -0.05) is 41.5 Å². The van der Waals surface area contributed by atoms with E-state index in [9.17, 15) is 9.59 Å². The Kier molecular flexibility index (Phi) is 7.75. The van der Waals surface area contributed by atoms with Crippen molar-refractivity contribution in [3.8, 4) is 0 Å². The molecule has 0 spiro atoms. The topological polar surface area (TPSA) is 109 Å². The maximum Gasteiger partial charge on any atom is 0.134 e. The molecule has 0 aromatic heterocycles. The van der Waals surface area contributed by atoms with Gasteiger partial charge in [-0.3, -0.25) is 9.59 Å². The van der Waals surface area contributed by atoms with Crippen LogP contribution in [0.15, 0.2) is 53.6 Å². The van der Waals surface area contributed by atoms with Crippen molar-refractivity contribution in [3.63, 3.8) is 0 Å². The zero-order valence-corrected chi connectivity index (χ0v) is 13.8. The van der Waals surface area contributed by atoms with Crippen LogP contribution in [0.2, 0.25) is 0 Å². The number of anilines is 1. The fourth-order valence-corrected chi connectivity index (χ4v) is 1.94. The Labute approximate surface area is 140 Å². The molecule has 0 aliphatic heterocycles. The summed E-state index contributed by atoms with van der Waals surface area (Å²) in [7, 11) is 0. The van der Waals surface area contributed by atoms with Gasteiger partial charge in [-0.25, -0.2) is 0 Å². The van der Waals surface area contributed by atoms with Gasteiger partial charge in [0.05, 0.1) is 0 Å². The molecule has 124 valence electrons. The minimum Gasteiger partial charge on any atom is -0.399 e. The van der Waals surface area contributed by atoms with Gasteiger partial charge in [0.25, 0.3) is 0 Å². The number of azide groups is 1. The summed E-state index contributed by atoms with van der Waals surface area (Å²) in [4.78, 5) is 24.1. The highest BCUT2D eigenvalue weighted by atomic mass is 16.1. The number of nitrogens with two attached hydrogens (primary N) is 1. The van der Waals surface area contributed by atoms with E-state index in [2.05, 4.69) is 10.0 Å². The lowest BCUT2D eigenvalue weighted by Crippen LogP contribution is -1.96. The first-order chi connectivity index (χ1) is 11.4. The first-order valence-electron chi connectivity index (χ1n) is 7.38. The number of rotatable bonds is 5. The quantitative estimate of drug-likeness (QED) is 0.386. The number of hydrogen-bond acceptors (Lipinski definition) is 4. The lowest BCUT2D eigenvalue weighted by Gasteiger charge is -1.96. The standard InChI is InChI=1S/C9H9N3O.C9H11NO/c1-7(13)6-8-2-4-9(5-3-8)11-12-10;1-7(11)6-8-2-4-9(10)5-3-8/h2-5H,6H2,1H3;2-5H,6,10H2,1H3. The van der Waals surface area contributed by atoms with Crippen molar-refractivity contribution < 1.29 is 9.59 Å². The molecule has 0 saturated carbocycles. The highest BCUT2D eigenvalue weighted by Gasteiger charge is 1.96. The van der Waals surface area contributed by atoms with E-state index in [4.69, 9.17) is 11.3 Å². The summed E-state index contributed by atoms with van der Waals surface area (Å²) in [6.07, 6.45) is 0.927. The fourth-order valence-electron chi connectivity index (χ4n) is 1.94. The zero-order valence-electron chi connectivity index (χ0n) is 13.8. The normalized spacial score (nSPS) is 9.25. The lowest BCUT2D eigenvalue weighted by molar-refractivity contribution is -0.117. The Hall–Kier alpha value is -3.11. The maximum atomic E-state index is 10.7. The fraction of sp³-hybridized carbons (Fsp3) is 0.222. The first-order valence-corrected chi connectivity index (χ1v) is 7.38. The van der Waals surface area contributed by atoms with Crippen molar-refractivity contribution in [1.29, 1.82) is 0 Å². The second-order valence-corrected chi connectivity index (χ2v) is 5.36. The van der Waals surface area contributed by atoms with Crippen LogP contribution in [-0.4, -0.2) is 11.6 Å². The van der Waals surface area contributed by atoms with Crippen LogP contribution in [0.1, 0.15) is 25.0 Å². The molecule has 2 aromatic carbocycles. The van der Waals surface area contributed by atoms with Gasteiger partial charge in [0.2, 0.25) is 0 Å². The first kappa shape index (κ1) is 18.9. The summed E-state index contributed by atoms with van der Waals surface area (Å²) in [5, 5.41) is 3.42. The van der Waals surface area contributed by atoms with Gasteiger partial charge in [-0.2, -0.15) is 0 Å². The molecule has 6 nitrogen and oxygen atoms in total. The SMILES string of the molecule is CC(=O)Cc1ccc(N)cc1.CC(=O)Cc1ccc(N=[N+]=[N-])cc1. The van der Waals surface area contributed by atoms with Gasteiger partial charge in [0.15, 0.2) is 0 Å². The van der Waals surface area contributed by atoms with Crippen LogP contribution >= 0.6 is 0 Å². The average Bonchev–Trinajstić information content (AvgIpc) is 2.52. The van der Waals surface area contributed by atoms with E-state index in [-0.39, 0.29) is 11.6 Å². The van der Waals surface area contributed by atoms with E-state index in [1.54, 1.807) is 50.2 Å². The minimum absolute atomic E-state index is 0.122. The molecular weight excluding hydrogens is 304 g/mol. The monoisotopic (exact) mass is 324 g/mol. The van der Waals surface area contributed by atoms with Crippen LogP contribution in [0.4, 0.5) is 11.4 Å². The van der Waals surface area contributed by atoms with Crippen LogP contribution in [0.3, 0.4) is 0 Å². The van der Waals surface area contributed by atoms with Crippen molar-refractivity contribution >= 4 is 22.9 Å². The Morgan fingerprint density at radius 3 is 1.71 bits per heavy atom. The number of benzene rings is 2. The van der Waals surface area contributed by atoms with Crippen LogP contribution in [0.5, 0.6) is 0 Å². The summed E-state index contributed by atoms with van der Waals surface area (Å²) in [6.45, 7) is 3.12.